The number of nitrogens with zero attached hydrogens (tertiary/aromatic N) is 4. The van der Waals surface area contributed by atoms with E-state index >= 15 is 8.78 Å². The van der Waals surface area contributed by atoms with E-state index in [0.29, 0.717) is 16.1 Å². The van der Waals surface area contributed by atoms with Gasteiger partial charge in [0.2, 0.25) is 5.82 Å². The van der Waals surface area contributed by atoms with Crippen LogP contribution in [-0.4, -0.2) is 69.7 Å². The fourth-order valence-electron chi connectivity index (χ4n) is 8.24. The molecule has 0 bridgehead atoms. The van der Waals surface area contributed by atoms with E-state index in [-0.39, 0.29) is 23.5 Å². The second-order valence-electron chi connectivity index (χ2n) is 13.5. The van der Waals surface area contributed by atoms with E-state index in [1.807, 2.05) is 0 Å². The summed E-state index contributed by atoms with van der Waals surface area (Å²) in [7, 11) is 3.37. The normalized spacial score (nSPS) is 27.0. The van der Waals surface area contributed by atoms with E-state index in [0.717, 1.165) is 26.3 Å². The Morgan fingerprint density at radius 2 is 1.51 bits per heavy atom. The first kappa shape index (κ1) is 40.3. The van der Waals surface area contributed by atoms with E-state index < -0.39 is 137 Å². The largest absolute Gasteiger partial charge is 0.507 e. The first-order chi connectivity index (χ1) is 26.6. The number of alkyl halides is 5. The SMILES string of the molecule is COc1cc(O)c(C2C3=CCC4C(=O)N(N(C)c5nc(C(F)(F)F)ccc5Cl)C(=O)C4C3CC3(Cl)C(=O)N(c4c(F)c(F)c(F)c(F)c4F)C(=O)C23Cl)c(OC)c1. The fraction of sp³-hybridized carbons (Fsp3) is 0.343. The number of methoxy groups -OCH3 is 2. The molecule has 57 heavy (non-hydrogen) atoms. The molecule has 302 valence electrons. The molecule has 3 heterocycles. The van der Waals surface area contributed by atoms with Gasteiger partial charge in [0.1, 0.15) is 28.6 Å². The van der Waals surface area contributed by atoms with Gasteiger partial charge in [0.05, 0.1) is 31.1 Å². The van der Waals surface area contributed by atoms with Crippen LogP contribution in [0.5, 0.6) is 17.2 Å². The van der Waals surface area contributed by atoms with Crippen LogP contribution in [0.3, 0.4) is 0 Å². The summed E-state index contributed by atoms with van der Waals surface area (Å²) in [5.74, 6) is -26.4. The van der Waals surface area contributed by atoms with Crippen LogP contribution in [0.1, 0.15) is 30.0 Å². The van der Waals surface area contributed by atoms with Crippen molar-refractivity contribution in [1.29, 1.82) is 0 Å². The summed E-state index contributed by atoms with van der Waals surface area (Å²) in [4.78, 5) is 54.6. The van der Waals surface area contributed by atoms with Crippen molar-refractivity contribution in [2.24, 2.45) is 17.8 Å². The molecule has 22 heteroatoms. The maximum atomic E-state index is 15.4. The molecule has 4 amide bonds. The summed E-state index contributed by atoms with van der Waals surface area (Å²) in [6, 6.07) is 3.65. The Morgan fingerprint density at radius 1 is 0.895 bits per heavy atom. The van der Waals surface area contributed by atoms with Crippen LogP contribution in [-0.2, 0) is 25.4 Å². The summed E-state index contributed by atoms with van der Waals surface area (Å²) < 4.78 is 125. The van der Waals surface area contributed by atoms with Gasteiger partial charge in [-0.15, -0.1) is 23.2 Å². The Hall–Kier alpha value is -4.88. The highest BCUT2D eigenvalue weighted by atomic mass is 35.5. The maximum Gasteiger partial charge on any atom is 0.433 e. The lowest BCUT2D eigenvalue weighted by Gasteiger charge is -2.50. The van der Waals surface area contributed by atoms with E-state index in [2.05, 4.69) is 4.98 Å². The minimum Gasteiger partial charge on any atom is -0.507 e. The number of fused-ring (bicyclic) bond motifs is 4. The van der Waals surface area contributed by atoms with Crippen LogP contribution >= 0.6 is 34.8 Å². The number of aromatic hydroxyl groups is 1. The van der Waals surface area contributed by atoms with Gasteiger partial charge in [0.25, 0.3) is 23.6 Å². The van der Waals surface area contributed by atoms with Crippen LogP contribution in [0.15, 0.2) is 35.9 Å². The second kappa shape index (κ2) is 13.3. The molecule has 2 aromatic carbocycles. The Kier molecular flexibility index (Phi) is 9.44. The zero-order chi connectivity index (χ0) is 42.0. The second-order valence-corrected chi connectivity index (χ2v) is 15.1. The Balaban J connectivity index is 1.43. The first-order valence-electron chi connectivity index (χ1n) is 16.4. The van der Waals surface area contributed by atoms with Gasteiger partial charge in [-0.1, -0.05) is 23.3 Å². The quantitative estimate of drug-likeness (QED) is 0.0712. The fourth-order valence-corrected chi connectivity index (χ4v) is 9.38. The third-order valence-corrected chi connectivity index (χ3v) is 12.5. The molecule has 4 aliphatic rings. The molecule has 0 radical (unpaired) electrons. The van der Waals surface area contributed by atoms with Crippen molar-refractivity contribution in [2.45, 2.75) is 34.7 Å². The van der Waals surface area contributed by atoms with Crippen molar-refractivity contribution < 1.29 is 68.9 Å². The van der Waals surface area contributed by atoms with Crippen LogP contribution < -0.4 is 19.4 Å². The smallest absolute Gasteiger partial charge is 0.433 e. The summed E-state index contributed by atoms with van der Waals surface area (Å²) in [5.41, 5.74) is -3.88. The average Bonchev–Trinajstić information content (AvgIpc) is 3.50. The molecular formula is C35H23Cl3F8N4O7. The standard InChI is InChI=1S/C35H23Cl3F8N4O7/c1-48(28-15(36)6-7-18(47-28)35(44,45)46)50-29(52)13-5-4-12-14(19(13)30(50)53)10-33(37)31(54)49(27-25(42)23(40)22(39)24(41)26(27)43)32(55)34(33,38)21(12)20-16(51)8-11(56-2)9-17(20)57-3/h4,6-9,13-14,19,21,51H,5,10H2,1-3H3. The minimum absolute atomic E-state index is 0.0205. The van der Waals surface area contributed by atoms with Crippen LogP contribution in [0.25, 0.3) is 0 Å². The molecule has 2 aliphatic heterocycles. The van der Waals surface area contributed by atoms with Crippen molar-refractivity contribution in [1.82, 2.24) is 9.99 Å². The number of amides is 4. The number of carbonyl (C=O) groups is 4. The number of hydrogen-bond donors (Lipinski definition) is 1. The maximum absolute atomic E-state index is 15.4. The number of benzene rings is 2. The molecule has 0 spiro atoms. The molecule has 11 nitrogen and oxygen atoms in total. The van der Waals surface area contributed by atoms with Gasteiger partial charge in [-0.25, -0.2) is 31.8 Å². The summed E-state index contributed by atoms with van der Waals surface area (Å²) >= 11 is 20.4. The molecule has 6 atom stereocenters. The highest BCUT2D eigenvalue weighted by Gasteiger charge is 2.77. The highest BCUT2D eigenvalue weighted by Crippen LogP contribution is 2.68. The molecule has 1 aromatic heterocycles. The first-order valence-corrected chi connectivity index (χ1v) is 17.5. The molecular weight excluding hydrogens is 847 g/mol. The van der Waals surface area contributed by atoms with E-state index in [1.54, 1.807) is 0 Å². The van der Waals surface area contributed by atoms with Crippen LogP contribution in [0.2, 0.25) is 5.02 Å². The van der Waals surface area contributed by atoms with Gasteiger partial charge in [0.15, 0.2) is 38.8 Å². The lowest BCUT2D eigenvalue weighted by Crippen LogP contribution is -2.60. The molecule has 2 aliphatic carbocycles. The average molecular weight is 870 g/mol. The number of carbonyl (C=O) groups excluding carboxylic acids is 4. The van der Waals surface area contributed by atoms with Gasteiger partial charge < -0.3 is 14.6 Å². The molecule has 3 aromatic rings. The summed E-state index contributed by atoms with van der Waals surface area (Å²) in [6.45, 7) is 0. The number of halogens is 11. The molecule has 2 saturated heterocycles. The van der Waals surface area contributed by atoms with Gasteiger partial charge in [-0.05, 0) is 30.9 Å². The van der Waals surface area contributed by atoms with Crippen molar-refractivity contribution in [3.8, 4) is 17.2 Å². The zero-order valence-electron chi connectivity index (χ0n) is 29.0. The number of hydrogen-bond acceptors (Lipinski definition) is 9. The Morgan fingerprint density at radius 3 is 2.09 bits per heavy atom. The number of rotatable bonds is 6. The number of aromatic nitrogens is 1. The van der Waals surface area contributed by atoms with E-state index in [9.17, 15) is 50.6 Å². The zero-order valence-corrected chi connectivity index (χ0v) is 31.2. The number of ether oxygens (including phenoxy) is 2. The topological polar surface area (TPSA) is 130 Å². The Labute approximate surface area is 330 Å². The molecule has 1 N–H and O–H groups in total. The number of phenols is 1. The highest BCUT2D eigenvalue weighted by molar-refractivity contribution is 6.58. The Bertz CT molecular complexity index is 2340. The summed E-state index contributed by atoms with van der Waals surface area (Å²) in [5, 5.41) is 12.2. The van der Waals surface area contributed by atoms with Gasteiger partial charge in [-0.2, -0.15) is 18.2 Å². The van der Waals surface area contributed by atoms with Crippen LogP contribution in [0.4, 0.5) is 46.6 Å². The van der Waals surface area contributed by atoms with Crippen LogP contribution in [0, 0.1) is 46.8 Å². The molecule has 7 rings (SSSR count). The van der Waals surface area contributed by atoms with Crippen molar-refractivity contribution >= 4 is 69.9 Å². The number of phenolic OH excluding ortho intramolecular Hbond substituents is 1. The van der Waals surface area contributed by atoms with E-state index in [1.165, 1.54) is 19.3 Å². The predicted molar refractivity (Wildman–Crippen MR) is 182 cm³/mol. The molecule has 1 saturated carbocycles. The van der Waals surface area contributed by atoms with Crippen molar-refractivity contribution in [3.63, 3.8) is 0 Å². The van der Waals surface area contributed by atoms with E-state index in [4.69, 9.17) is 44.3 Å². The van der Waals surface area contributed by atoms with Gasteiger partial charge in [-0.3, -0.25) is 24.2 Å². The number of imide groups is 2. The lowest BCUT2D eigenvalue weighted by atomic mass is 9.56. The minimum atomic E-state index is -4.96. The molecule has 6 unspecified atom stereocenters. The predicted octanol–water partition coefficient (Wildman–Crippen LogP) is 6.79. The lowest BCUT2D eigenvalue weighted by molar-refractivity contribution is -0.141. The van der Waals surface area contributed by atoms with Gasteiger partial charge in [0, 0.05) is 30.7 Å². The van der Waals surface area contributed by atoms with Crippen molar-refractivity contribution in [2.75, 3.05) is 31.2 Å². The summed E-state index contributed by atoms with van der Waals surface area (Å²) in [6.07, 6.45) is -4.87. The number of hydrazine groups is 1. The third kappa shape index (κ3) is 5.40. The molecule has 3 fully saturated rings. The number of anilines is 2. The number of allylic oxidation sites excluding steroid dienone is 2. The third-order valence-electron chi connectivity index (χ3n) is 10.8. The number of pyridine rings is 1. The van der Waals surface area contributed by atoms with Crippen molar-refractivity contribution in [3.05, 3.63) is 81.3 Å². The monoisotopic (exact) mass is 868 g/mol. The van der Waals surface area contributed by atoms with Gasteiger partial charge >= 0.3 is 6.18 Å².